The number of carbonyl (C=O) groups is 3. The van der Waals surface area contributed by atoms with Crippen LogP contribution < -0.4 is 5.32 Å². The molecule has 1 N–H and O–H groups in total. The number of Topliss-reactive ketones (excluding diaryl/α,β-unsaturated/α-hetero) is 1. The Hall–Kier alpha value is -2.67. The molecule has 0 bridgehead atoms. The predicted octanol–water partition coefficient (Wildman–Crippen LogP) is 2.85. The molecule has 8 heteroatoms. The SMILES string of the molecule is CCOC(=O)c1cnn(C)c1NC(=O)CCC(=O)c1ccc(Cl)cc1. The average molecular weight is 364 g/mol. The van der Waals surface area contributed by atoms with E-state index in [9.17, 15) is 14.4 Å². The van der Waals surface area contributed by atoms with Gasteiger partial charge in [-0.1, -0.05) is 11.6 Å². The zero-order chi connectivity index (χ0) is 18.4. The van der Waals surface area contributed by atoms with Gasteiger partial charge in [-0.3, -0.25) is 14.3 Å². The highest BCUT2D eigenvalue weighted by molar-refractivity contribution is 6.30. The molecule has 2 rings (SSSR count). The molecular weight excluding hydrogens is 346 g/mol. The summed E-state index contributed by atoms with van der Waals surface area (Å²) < 4.78 is 6.29. The van der Waals surface area contributed by atoms with Crippen molar-refractivity contribution in [3.05, 3.63) is 46.6 Å². The van der Waals surface area contributed by atoms with Crippen LogP contribution in [-0.2, 0) is 16.6 Å². The van der Waals surface area contributed by atoms with Crippen molar-refractivity contribution in [1.82, 2.24) is 9.78 Å². The number of aromatic nitrogens is 2. The van der Waals surface area contributed by atoms with E-state index >= 15 is 0 Å². The summed E-state index contributed by atoms with van der Waals surface area (Å²) in [6.07, 6.45) is 1.35. The van der Waals surface area contributed by atoms with E-state index in [1.807, 2.05) is 0 Å². The number of rotatable bonds is 7. The molecule has 0 aliphatic rings. The minimum absolute atomic E-state index is 0.0189. The first-order chi connectivity index (χ1) is 11.9. The lowest BCUT2D eigenvalue weighted by atomic mass is 10.1. The van der Waals surface area contributed by atoms with Gasteiger partial charge in [0.25, 0.3) is 0 Å². The van der Waals surface area contributed by atoms with Crippen molar-refractivity contribution in [2.24, 2.45) is 7.05 Å². The van der Waals surface area contributed by atoms with E-state index in [4.69, 9.17) is 16.3 Å². The molecule has 1 amide bonds. The summed E-state index contributed by atoms with van der Waals surface area (Å²) >= 11 is 5.78. The predicted molar refractivity (Wildman–Crippen MR) is 92.8 cm³/mol. The van der Waals surface area contributed by atoms with E-state index < -0.39 is 11.9 Å². The van der Waals surface area contributed by atoms with Crippen molar-refractivity contribution in [3.63, 3.8) is 0 Å². The molecule has 0 aliphatic carbocycles. The van der Waals surface area contributed by atoms with E-state index in [-0.39, 0.29) is 36.6 Å². The molecule has 0 unspecified atom stereocenters. The molecule has 7 nitrogen and oxygen atoms in total. The molecular formula is C17H18ClN3O4. The van der Waals surface area contributed by atoms with Gasteiger partial charge in [-0.05, 0) is 31.2 Å². The van der Waals surface area contributed by atoms with Gasteiger partial charge in [0.2, 0.25) is 5.91 Å². The summed E-state index contributed by atoms with van der Waals surface area (Å²) in [7, 11) is 1.59. The van der Waals surface area contributed by atoms with Crippen LogP contribution >= 0.6 is 11.6 Å². The van der Waals surface area contributed by atoms with Gasteiger partial charge >= 0.3 is 5.97 Å². The Morgan fingerprint density at radius 3 is 2.52 bits per heavy atom. The van der Waals surface area contributed by atoms with Crippen molar-refractivity contribution < 1.29 is 19.1 Å². The highest BCUT2D eigenvalue weighted by atomic mass is 35.5. The third kappa shape index (κ3) is 4.90. The molecule has 0 saturated heterocycles. The second-order valence-electron chi connectivity index (χ2n) is 5.23. The number of esters is 1. The van der Waals surface area contributed by atoms with Crippen LogP contribution in [0.1, 0.15) is 40.5 Å². The number of nitrogens with one attached hydrogen (secondary N) is 1. The van der Waals surface area contributed by atoms with Gasteiger partial charge in [0.05, 0.1) is 12.8 Å². The number of amides is 1. The lowest BCUT2D eigenvalue weighted by Crippen LogP contribution is -2.18. The highest BCUT2D eigenvalue weighted by Crippen LogP contribution is 2.17. The first-order valence-electron chi connectivity index (χ1n) is 7.70. The number of hydrogen-bond acceptors (Lipinski definition) is 5. The Bertz CT molecular complexity index is 784. The maximum absolute atomic E-state index is 12.1. The number of ketones is 1. The molecule has 1 aromatic heterocycles. The molecule has 0 saturated carbocycles. The van der Waals surface area contributed by atoms with Gasteiger partial charge in [0, 0.05) is 30.5 Å². The van der Waals surface area contributed by atoms with Crippen molar-refractivity contribution in [1.29, 1.82) is 0 Å². The fourth-order valence-electron chi connectivity index (χ4n) is 2.15. The first kappa shape index (κ1) is 18.7. The minimum Gasteiger partial charge on any atom is -0.462 e. The van der Waals surface area contributed by atoms with Gasteiger partial charge in [0.15, 0.2) is 5.78 Å². The van der Waals surface area contributed by atoms with Crippen LogP contribution in [0.2, 0.25) is 5.02 Å². The third-order valence-electron chi connectivity index (χ3n) is 3.44. The van der Waals surface area contributed by atoms with Gasteiger partial charge in [-0.2, -0.15) is 5.10 Å². The van der Waals surface area contributed by atoms with Crippen molar-refractivity contribution >= 4 is 35.1 Å². The Morgan fingerprint density at radius 1 is 1.20 bits per heavy atom. The van der Waals surface area contributed by atoms with Crippen LogP contribution in [0.5, 0.6) is 0 Å². The third-order valence-corrected chi connectivity index (χ3v) is 3.69. The fraction of sp³-hybridized carbons (Fsp3) is 0.294. The quantitative estimate of drug-likeness (QED) is 0.603. The summed E-state index contributed by atoms with van der Waals surface area (Å²) in [6, 6.07) is 6.47. The highest BCUT2D eigenvalue weighted by Gasteiger charge is 2.19. The summed E-state index contributed by atoms with van der Waals surface area (Å²) in [6.45, 7) is 1.91. The molecule has 132 valence electrons. The van der Waals surface area contributed by atoms with E-state index in [1.54, 1.807) is 38.2 Å². The molecule has 0 radical (unpaired) electrons. The van der Waals surface area contributed by atoms with Crippen LogP contribution in [-0.4, -0.2) is 34.0 Å². The second kappa shape index (κ2) is 8.43. The maximum Gasteiger partial charge on any atom is 0.343 e. The molecule has 0 aliphatic heterocycles. The number of anilines is 1. The molecule has 0 spiro atoms. The topological polar surface area (TPSA) is 90.3 Å². The van der Waals surface area contributed by atoms with E-state index in [1.165, 1.54) is 10.9 Å². The van der Waals surface area contributed by atoms with Crippen LogP contribution in [0.25, 0.3) is 0 Å². The second-order valence-corrected chi connectivity index (χ2v) is 5.67. The van der Waals surface area contributed by atoms with Crippen molar-refractivity contribution in [2.45, 2.75) is 19.8 Å². The molecule has 2 aromatic rings. The van der Waals surface area contributed by atoms with Crippen LogP contribution in [0.3, 0.4) is 0 Å². The van der Waals surface area contributed by atoms with Crippen molar-refractivity contribution in [3.8, 4) is 0 Å². The Morgan fingerprint density at radius 2 is 1.88 bits per heavy atom. The summed E-state index contributed by atoms with van der Waals surface area (Å²) in [4.78, 5) is 36.0. The smallest absolute Gasteiger partial charge is 0.343 e. The molecule has 1 aromatic carbocycles. The Balaban J connectivity index is 1.96. The van der Waals surface area contributed by atoms with Crippen LogP contribution in [0, 0.1) is 0 Å². The standard InChI is InChI=1S/C17H18ClN3O4/c1-3-25-17(24)13-10-19-21(2)16(13)20-15(23)9-8-14(22)11-4-6-12(18)7-5-11/h4-7,10H,3,8-9H2,1-2H3,(H,20,23). The Kier molecular flexibility index (Phi) is 6.30. The molecule has 0 atom stereocenters. The molecule has 1 heterocycles. The zero-order valence-corrected chi connectivity index (χ0v) is 14.7. The van der Waals surface area contributed by atoms with Crippen LogP contribution in [0.15, 0.2) is 30.5 Å². The number of benzene rings is 1. The number of carbonyl (C=O) groups excluding carboxylic acids is 3. The van der Waals surface area contributed by atoms with Gasteiger partial charge in [-0.15, -0.1) is 0 Å². The van der Waals surface area contributed by atoms with E-state index in [2.05, 4.69) is 10.4 Å². The number of aryl methyl sites for hydroxylation is 1. The maximum atomic E-state index is 12.1. The first-order valence-corrected chi connectivity index (χ1v) is 8.08. The fourth-order valence-corrected chi connectivity index (χ4v) is 2.27. The average Bonchev–Trinajstić information content (AvgIpc) is 2.94. The van der Waals surface area contributed by atoms with Gasteiger partial charge in [0.1, 0.15) is 11.4 Å². The number of halogens is 1. The zero-order valence-electron chi connectivity index (χ0n) is 13.9. The minimum atomic E-state index is -0.567. The van der Waals surface area contributed by atoms with E-state index in [0.29, 0.717) is 10.6 Å². The number of hydrogen-bond donors (Lipinski definition) is 1. The number of nitrogens with zero attached hydrogens (tertiary/aromatic N) is 2. The number of ether oxygens (including phenoxy) is 1. The summed E-state index contributed by atoms with van der Waals surface area (Å²) in [5.41, 5.74) is 0.659. The van der Waals surface area contributed by atoms with Crippen LogP contribution in [0.4, 0.5) is 5.82 Å². The normalized spacial score (nSPS) is 10.4. The van der Waals surface area contributed by atoms with Gasteiger partial charge in [-0.25, -0.2) is 4.79 Å². The van der Waals surface area contributed by atoms with E-state index in [0.717, 1.165) is 0 Å². The van der Waals surface area contributed by atoms with Crippen molar-refractivity contribution in [2.75, 3.05) is 11.9 Å². The molecule has 25 heavy (non-hydrogen) atoms. The molecule has 0 fully saturated rings. The lowest BCUT2D eigenvalue weighted by Gasteiger charge is -2.08. The van der Waals surface area contributed by atoms with Gasteiger partial charge < -0.3 is 10.1 Å². The monoisotopic (exact) mass is 363 g/mol. The summed E-state index contributed by atoms with van der Waals surface area (Å²) in [5, 5.41) is 7.09. The Labute approximate surface area is 149 Å². The summed E-state index contributed by atoms with van der Waals surface area (Å²) in [5.74, 6) is -0.885. The largest absolute Gasteiger partial charge is 0.462 e. The lowest BCUT2D eigenvalue weighted by molar-refractivity contribution is -0.116.